The van der Waals surface area contributed by atoms with Gasteiger partial charge in [0.15, 0.2) is 11.6 Å². The van der Waals surface area contributed by atoms with Crippen molar-refractivity contribution in [3.05, 3.63) is 91.3 Å². The van der Waals surface area contributed by atoms with E-state index in [0.717, 1.165) is 11.1 Å². The van der Waals surface area contributed by atoms with Gasteiger partial charge in [-0.2, -0.15) is 0 Å². The molecule has 0 fully saturated rings. The Kier molecular flexibility index (Phi) is 4.67. The van der Waals surface area contributed by atoms with Gasteiger partial charge in [-0.1, -0.05) is 66.7 Å². The second-order valence-electron chi connectivity index (χ2n) is 6.47. The Labute approximate surface area is 172 Å². The Morgan fingerprint density at radius 3 is 1.27 bits per heavy atom. The van der Waals surface area contributed by atoms with Crippen LogP contribution in [0.25, 0.3) is 45.6 Å². The van der Waals surface area contributed by atoms with Crippen molar-refractivity contribution in [3.8, 4) is 45.6 Å². The Hall–Kier alpha value is -4.39. The second-order valence-corrected chi connectivity index (χ2v) is 6.47. The summed E-state index contributed by atoms with van der Waals surface area (Å²) in [5, 5.41) is 17.0. The van der Waals surface area contributed by atoms with Gasteiger partial charge in [0.1, 0.15) is 22.8 Å². The molecule has 5 rings (SSSR count). The number of nitrogens with zero attached hydrogens (tertiary/aromatic N) is 7. The van der Waals surface area contributed by atoms with Gasteiger partial charge in [0, 0.05) is 11.1 Å². The fourth-order valence-corrected chi connectivity index (χ4v) is 2.95. The van der Waals surface area contributed by atoms with E-state index in [1.807, 2.05) is 78.9 Å². The summed E-state index contributed by atoms with van der Waals surface area (Å²) in [5.74, 6) is 0.871. The predicted octanol–water partition coefficient (Wildman–Crippen LogP) is 4.12. The Morgan fingerprint density at radius 2 is 0.867 bits per heavy atom. The van der Waals surface area contributed by atoms with E-state index >= 15 is 0 Å². The lowest BCUT2D eigenvalue weighted by Gasteiger charge is -2.04. The molecule has 3 aromatic heterocycles. The zero-order valence-electron chi connectivity index (χ0n) is 15.8. The normalized spacial score (nSPS) is 10.7. The maximum absolute atomic E-state index is 4.59. The molecule has 30 heavy (non-hydrogen) atoms. The van der Waals surface area contributed by atoms with Crippen LogP contribution in [-0.4, -0.2) is 35.3 Å². The lowest BCUT2D eigenvalue weighted by molar-refractivity contribution is 0.964. The number of benzene rings is 2. The summed E-state index contributed by atoms with van der Waals surface area (Å²) in [4.78, 5) is 13.4. The molecule has 0 saturated heterocycles. The van der Waals surface area contributed by atoms with Crippen molar-refractivity contribution in [3.63, 3.8) is 0 Å². The molecule has 0 aliphatic rings. The van der Waals surface area contributed by atoms with E-state index in [9.17, 15) is 0 Å². The van der Waals surface area contributed by atoms with Crippen molar-refractivity contribution in [2.45, 2.75) is 0 Å². The molecule has 0 spiro atoms. The molecule has 0 saturated carbocycles. The molecule has 7 heteroatoms. The molecule has 0 atom stereocenters. The first-order chi connectivity index (χ1) is 14.9. The maximum Gasteiger partial charge on any atom is 0.200 e. The van der Waals surface area contributed by atoms with Gasteiger partial charge in [0.25, 0.3) is 0 Å². The van der Waals surface area contributed by atoms with Crippen LogP contribution < -0.4 is 0 Å². The van der Waals surface area contributed by atoms with Crippen LogP contribution in [0, 0.1) is 0 Å². The molecule has 0 unspecified atom stereocenters. The zero-order chi connectivity index (χ0) is 20.2. The quantitative estimate of drug-likeness (QED) is 0.457. The molecule has 5 aromatic rings. The minimum absolute atomic E-state index is 0.436. The number of rotatable bonds is 4. The summed E-state index contributed by atoms with van der Waals surface area (Å²) >= 11 is 0. The third kappa shape index (κ3) is 3.64. The molecular weight excluding hydrogens is 374 g/mol. The topological polar surface area (TPSA) is 90.2 Å². The van der Waals surface area contributed by atoms with Crippen LogP contribution in [-0.2, 0) is 0 Å². The Morgan fingerprint density at radius 1 is 0.400 bits per heavy atom. The highest BCUT2D eigenvalue weighted by Crippen LogP contribution is 2.20. The van der Waals surface area contributed by atoms with Crippen molar-refractivity contribution < 1.29 is 0 Å². The molecule has 0 bridgehead atoms. The Balaban J connectivity index is 1.42. The Bertz CT molecular complexity index is 1160. The number of hydrogen-bond acceptors (Lipinski definition) is 7. The molecule has 0 aliphatic heterocycles. The smallest absolute Gasteiger partial charge is 0.200 e. The van der Waals surface area contributed by atoms with E-state index in [1.165, 1.54) is 0 Å². The molecule has 0 N–H and O–H groups in total. The lowest BCUT2D eigenvalue weighted by atomic mass is 10.2. The third-order valence-corrected chi connectivity index (χ3v) is 4.47. The van der Waals surface area contributed by atoms with Gasteiger partial charge in [0.05, 0.1) is 12.4 Å². The lowest BCUT2D eigenvalue weighted by Crippen LogP contribution is -1.99. The minimum Gasteiger partial charge on any atom is -0.241 e. The first-order valence-corrected chi connectivity index (χ1v) is 9.35. The van der Waals surface area contributed by atoms with Crippen molar-refractivity contribution in [1.29, 1.82) is 0 Å². The van der Waals surface area contributed by atoms with Crippen LogP contribution in [0.5, 0.6) is 0 Å². The number of hydrogen-bond donors (Lipinski definition) is 0. The average molecular weight is 389 g/mol. The molecule has 3 heterocycles. The molecule has 0 aliphatic carbocycles. The largest absolute Gasteiger partial charge is 0.241 e. The molecule has 0 radical (unpaired) electrons. The van der Waals surface area contributed by atoms with E-state index in [2.05, 4.69) is 35.3 Å². The van der Waals surface area contributed by atoms with Gasteiger partial charge < -0.3 is 0 Å². The fraction of sp³-hybridized carbons (Fsp3) is 0. The van der Waals surface area contributed by atoms with Gasteiger partial charge in [0.2, 0.25) is 0 Å². The summed E-state index contributed by atoms with van der Waals surface area (Å²) in [5.41, 5.74) is 4.53. The minimum atomic E-state index is 0.436. The highest BCUT2D eigenvalue weighted by Gasteiger charge is 2.10. The summed E-state index contributed by atoms with van der Waals surface area (Å²) in [6.07, 6.45) is 3.39. The molecular formula is C23H15N7. The SMILES string of the molecule is c1ccc(-c2cnc(-c3cccc(-c4ncc(-c5ccccc5)nn4)n3)nn2)cc1. The first-order valence-electron chi connectivity index (χ1n) is 9.35. The van der Waals surface area contributed by atoms with E-state index in [-0.39, 0.29) is 0 Å². The molecule has 0 amide bonds. The van der Waals surface area contributed by atoms with E-state index in [1.54, 1.807) is 12.4 Å². The summed E-state index contributed by atoms with van der Waals surface area (Å²) in [6, 6.07) is 25.1. The van der Waals surface area contributed by atoms with Crippen LogP contribution in [0.3, 0.4) is 0 Å². The molecule has 2 aromatic carbocycles. The van der Waals surface area contributed by atoms with Crippen molar-refractivity contribution in [2.24, 2.45) is 0 Å². The zero-order valence-corrected chi connectivity index (χ0v) is 15.8. The third-order valence-electron chi connectivity index (χ3n) is 4.47. The standard InChI is InChI=1S/C23H15N7/c1-3-8-16(9-4-1)20-14-24-22(29-27-20)18-12-7-13-19(26-18)23-25-15-21(28-30-23)17-10-5-2-6-11-17/h1-15H. The summed E-state index contributed by atoms with van der Waals surface area (Å²) in [7, 11) is 0. The molecule has 142 valence electrons. The van der Waals surface area contributed by atoms with Gasteiger partial charge >= 0.3 is 0 Å². The van der Waals surface area contributed by atoms with E-state index in [0.29, 0.717) is 34.4 Å². The average Bonchev–Trinajstić information content (AvgIpc) is 2.85. The van der Waals surface area contributed by atoms with Crippen LogP contribution in [0.4, 0.5) is 0 Å². The van der Waals surface area contributed by atoms with Gasteiger partial charge in [-0.15, -0.1) is 20.4 Å². The number of pyridine rings is 1. The van der Waals surface area contributed by atoms with E-state index in [4.69, 9.17) is 0 Å². The number of aromatic nitrogens is 7. The van der Waals surface area contributed by atoms with Gasteiger partial charge in [-0.05, 0) is 12.1 Å². The summed E-state index contributed by atoms with van der Waals surface area (Å²) < 4.78 is 0. The van der Waals surface area contributed by atoms with E-state index < -0.39 is 0 Å². The summed E-state index contributed by atoms with van der Waals surface area (Å²) in [6.45, 7) is 0. The predicted molar refractivity (Wildman–Crippen MR) is 113 cm³/mol. The van der Waals surface area contributed by atoms with Crippen molar-refractivity contribution >= 4 is 0 Å². The second kappa shape index (κ2) is 7.92. The van der Waals surface area contributed by atoms with Gasteiger partial charge in [-0.3, -0.25) is 0 Å². The first kappa shape index (κ1) is 17.7. The van der Waals surface area contributed by atoms with Crippen LogP contribution >= 0.6 is 0 Å². The monoisotopic (exact) mass is 389 g/mol. The van der Waals surface area contributed by atoms with Gasteiger partial charge in [-0.25, -0.2) is 15.0 Å². The fourth-order valence-electron chi connectivity index (χ4n) is 2.95. The highest BCUT2D eigenvalue weighted by atomic mass is 15.2. The van der Waals surface area contributed by atoms with Crippen molar-refractivity contribution in [2.75, 3.05) is 0 Å². The highest BCUT2D eigenvalue weighted by molar-refractivity contribution is 5.61. The van der Waals surface area contributed by atoms with Crippen LogP contribution in [0.1, 0.15) is 0 Å². The van der Waals surface area contributed by atoms with Crippen molar-refractivity contribution in [1.82, 2.24) is 35.3 Å². The maximum atomic E-state index is 4.59. The molecule has 7 nitrogen and oxygen atoms in total. The van der Waals surface area contributed by atoms with Crippen LogP contribution in [0.15, 0.2) is 91.3 Å². The van der Waals surface area contributed by atoms with Crippen LogP contribution in [0.2, 0.25) is 0 Å².